The van der Waals surface area contributed by atoms with Crippen LogP contribution >= 0.6 is 0 Å². The van der Waals surface area contributed by atoms with Crippen molar-refractivity contribution in [3.63, 3.8) is 0 Å². The molecule has 1 heterocycles. The molecule has 1 aromatic carbocycles. The van der Waals surface area contributed by atoms with Crippen LogP contribution in [0, 0.1) is 11.3 Å². The number of nitrogens with one attached hydrogen (secondary N) is 3. The first-order valence-corrected chi connectivity index (χ1v) is 5.75. The third-order valence-corrected chi connectivity index (χ3v) is 2.61. The molecule has 2 rings (SSSR count). The molecule has 3 N–H and O–H groups in total. The van der Waals surface area contributed by atoms with E-state index in [0.29, 0.717) is 12.4 Å². The van der Waals surface area contributed by atoms with Gasteiger partial charge in [-0.3, -0.25) is 4.79 Å². The van der Waals surface area contributed by atoms with E-state index in [2.05, 4.69) is 16.0 Å². The Morgan fingerprint density at radius 2 is 1.94 bits per heavy atom. The molecule has 0 unspecified atom stereocenters. The average molecular weight is 242 g/mol. The quantitative estimate of drug-likeness (QED) is 0.524. The molecule has 0 saturated carbocycles. The van der Waals surface area contributed by atoms with Crippen molar-refractivity contribution in [1.82, 2.24) is 16.0 Å². The number of carbonyl (C=O) groups is 1. The van der Waals surface area contributed by atoms with Crippen molar-refractivity contribution in [2.45, 2.75) is 6.54 Å². The van der Waals surface area contributed by atoms with Crippen molar-refractivity contribution >= 4 is 5.91 Å². The number of amides is 1. The average Bonchev–Trinajstić information content (AvgIpc) is 2.92. The van der Waals surface area contributed by atoms with Gasteiger partial charge in [0.2, 0.25) is 0 Å². The minimum absolute atomic E-state index is 0.100. The number of nitriles is 1. The number of hydrogen-bond acceptors (Lipinski definition) is 4. The number of rotatable bonds is 3. The van der Waals surface area contributed by atoms with Gasteiger partial charge in [-0.15, -0.1) is 0 Å². The maximum absolute atomic E-state index is 11.9. The first-order valence-electron chi connectivity index (χ1n) is 5.75. The fraction of sp³-hybridized carbons (Fsp3) is 0.231. The van der Waals surface area contributed by atoms with Gasteiger partial charge in [0.1, 0.15) is 11.9 Å². The Balaban J connectivity index is 1.99. The fourth-order valence-electron chi connectivity index (χ4n) is 1.70. The minimum atomic E-state index is -0.363. The van der Waals surface area contributed by atoms with Gasteiger partial charge in [0.05, 0.1) is 0 Å². The smallest absolute Gasteiger partial charge is 0.265 e. The molecule has 1 fully saturated rings. The van der Waals surface area contributed by atoms with Crippen LogP contribution < -0.4 is 16.0 Å². The van der Waals surface area contributed by atoms with Crippen molar-refractivity contribution in [2.75, 3.05) is 13.1 Å². The van der Waals surface area contributed by atoms with E-state index in [1.165, 1.54) is 0 Å². The van der Waals surface area contributed by atoms with Crippen LogP contribution in [-0.2, 0) is 11.3 Å². The molecule has 1 aromatic rings. The highest BCUT2D eigenvalue weighted by atomic mass is 16.1. The number of nitrogens with zero attached hydrogens (tertiary/aromatic N) is 1. The van der Waals surface area contributed by atoms with E-state index < -0.39 is 0 Å². The zero-order valence-electron chi connectivity index (χ0n) is 9.86. The van der Waals surface area contributed by atoms with Gasteiger partial charge in [-0.1, -0.05) is 30.3 Å². The summed E-state index contributed by atoms with van der Waals surface area (Å²) in [5.74, 6) is 0.154. The molecule has 18 heavy (non-hydrogen) atoms. The van der Waals surface area contributed by atoms with Crippen LogP contribution in [0.1, 0.15) is 5.56 Å². The summed E-state index contributed by atoms with van der Waals surface area (Å²) in [4.78, 5) is 11.9. The van der Waals surface area contributed by atoms with E-state index in [-0.39, 0.29) is 11.5 Å². The first-order chi connectivity index (χ1) is 8.81. The molecular weight excluding hydrogens is 228 g/mol. The van der Waals surface area contributed by atoms with Gasteiger partial charge in [-0.25, -0.2) is 0 Å². The van der Waals surface area contributed by atoms with Crippen molar-refractivity contribution in [3.05, 3.63) is 47.3 Å². The topological polar surface area (TPSA) is 77.0 Å². The van der Waals surface area contributed by atoms with Crippen molar-refractivity contribution in [3.8, 4) is 6.07 Å². The third-order valence-electron chi connectivity index (χ3n) is 2.61. The normalized spacial score (nSPS) is 13.2. The predicted molar refractivity (Wildman–Crippen MR) is 66.9 cm³/mol. The summed E-state index contributed by atoms with van der Waals surface area (Å²) in [5, 5.41) is 17.7. The maximum atomic E-state index is 11.9. The summed E-state index contributed by atoms with van der Waals surface area (Å²) in [6.45, 7) is 1.87. The van der Waals surface area contributed by atoms with Crippen molar-refractivity contribution in [2.24, 2.45) is 0 Å². The summed E-state index contributed by atoms with van der Waals surface area (Å²) >= 11 is 0. The zero-order valence-corrected chi connectivity index (χ0v) is 9.86. The SMILES string of the molecule is N#CC(C(=O)NCc1ccccc1)=C1NCCN1. The molecule has 0 atom stereocenters. The van der Waals surface area contributed by atoms with Crippen LogP contribution in [0.3, 0.4) is 0 Å². The molecule has 0 aromatic heterocycles. The summed E-state index contributed by atoms with van der Waals surface area (Å²) < 4.78 is 0. The van der Waals surface area contributed by atoms with Gasteiger partial charge in [-0.05, 0) is 5.56 Å². The Kier molecular flexibility index (Phi) is 3.82. The van der Waals surface area contributed by atoms with Gasteiger partial charge < -0.3 is 16.0 Å². The Bertz CT molecular complexity index is 493. The lowest BCUT2D eigenvalue weighted by Crippen LogP contribution is -2.28. The van der Waals surface area contributed by atoms with Gasteiger partial charge >= 0.3 is 0 Å². The van der Waals surface area contributed by atoms with E-state index in [1.54, 1.807) is 0 Å². The van der Waals surface area contributed by atoms with Crippen LogP contribution in [0.2, 0.25) is 0 Å². The number of carbonyl (C=O) groups excluding carboxylic acids is 1. The highest BCUT2D eigenvalue weighted by molar-refractivity contribution is 5.97. The fourth-order valence-corrected chi connectivity index (χ4v) is 1.70. The maximum Gasteiger partial charge on any atom is 0.265 e. The molecule has 1 amide bonds. The summed E-state index contributed by atoms with van der Waals surface area (Å²) in [5.41, 5.74) is 1.10. The highest BCUT2D eigenvalue weighted by Gasteiger charge is 2.17. The summed E-state index contributed by atoms with van der Waals surface area (Å²) in [7, 11) is 0. The Hall–Kier alpha value is -2.48. The summed E-state index contributed by atoms with van der Waals surface area (Å²) in [6, 6.07) is 11.5. The lowest BCUT2D eigenvalue weighted by atomic mass is 10.2. The number of benzene rings is 1. The molecule has 0 spiro atoms. The van der Waals surface area contributed by atoms with Crippen LogP contribution in [0.5, 0.6) is 0 Å². The Labute approximate surface area is 105 Å². The Morgan fingerprint density at radius 3 is 2.56 bits per heavy atom. The molecule has 92 valence electrons. The van der Waals surface area contributed by atoms with Gasteiger partial charge in [-0.2, -0.15) is 5.26 Å². The zero-order chi connectivity index (χ0) is 12.8. The molecule has 0 radical (unpaired) electrons. The molecular formula is C13H14N4O. The molecule has 0 bridgehead atoms. The van der Waals surface area contributed by atoms with Crippen LogP contribution in [0.25, 0.3) is 0 Å². The second-order valence-corrected chi connectivity index (χ2v) is 3.88. The third kappa shape index (κ3) is 2.80. The summed E-state index contributed by atoms with van der Waals surface area (Å²) in [6.07, 6.45) is 0. The standard InChI is InChI=1S/C13H14N4O/c14-8-11(12-15-6-7-16-12)13(18)17-9-10-4-2-1-3-5-10/h1-5,15-16H,6-7,9H2,(H,17,18). The lowest BCUT2D eigenvalue weighted by Gasteiger charge is -2.07. The van der Waals surface area contributed by atoms with E-state index in [0.717, 1.165) is 18.7 Å². The second-order valence-electron chi connectivity index (χ2n) is 3.88. The molecule has 1 saturated heterocycles. The number of hydrogen-bond donors (Lipinski definition) is 3. The predicted octanol–water partition coefficient (Wildman–Crippen LogP) is 0.231. The van der Waals surface area contributed by atoms with Gasteiger partial charge in [0.15, 0.2) is 5.57 Å². The molecule has 5 nitrogen and oxygen atoms in total. The highest BCUT2D eigenvalue weighted by Crippen LogP contribution is 2.03. The minimum Gasteiger partial charge on any atom is -0.369 e. The Morgan fingerprint density at radius 1 is 1.28 bits per heavy atom. The molecule has 1 aliphatic rings. The van der Waals surface area contributed by atoms with Crippen molar-refractivity contribution < 1.29 is 4.79 Å². The first kappa shape index (κ1) is 12.0. The van der Waals surface area contributed by atoms with E-state index >= 15 is 0 Å². The largest absolute Gasteiger partial charge is 0.369 e. The van der Waals surface area contributed by atoms with Crippen molar-refractivity contribution in [1.29, 1.82) is 5.26 Å². The van der Waals surface area contributed by atoms with Crippen LogP contribution in [-0.4, -0.2) is 19.0 Å². The van der Waals surface area contributed by atoms with Crippen LogP contribution in [0.4, 0.5) is 0 Å². The molecule has 0 aliphatic carbocycles. The van der Waals surface area contributed by atoms with Crippen LogP contribution in [0.15, 0.2) is 41.7 Å². The van der Waals surface area contributed by atoms with E-state index in [9.17, 15) is 4.79 Å². The second kappa shape index (κ2) is 5.73. The van der Waals surface area contributed by atoms with Gasteiger partial charge in [0, 0.05) is 19.6 Å². The molecule has 5 heteroatoms. The molecule has 1 aliphatic heterocycles. The monoisotopic (exact) mass is 242 g/mol. The van der Waals surface area contributed by atoms with Gasteiger partial charge in [0.25, 0.3) is 5.91 Å². The van der Waals surface area contributed by atoms with E-state index in [1.807, 2.05) is 36.4 Å². The lowest BCUT2D eigenvalue weighted by molar-refractivity contribution is -0.117. The van der Waals surface area contributed by atoms with E-state index in [4.69, 9.17) is 5.26 Å².